The third-order valence-electron chi connectivity index (χ3n) is 2.10. The van der Waals surface area contributed by atoms with Crippen molar-refractivity contribution < 1.29 is 9.45 Å². The molecule has 0 unspecified atom stereocenters. The Labute approximate surface area is 102 Å². The normalized spacial score (nSPS) is 11.7. The summed E-state index contributed by atoms with van der Waals surface area (Å²) in [5.74, 6) is 0.460. The minimum Gasteiger partial charge on any atom is -0.390 e. The monoisotopic (exact) mass is 252 g/mol. The van der Waals surface area contributed by atoms with E-state index in [1.807, 2.05) is 20.8 Å². The molecule has 0 amide bonds. The van der Waals surface area contributed by atoms with Crippen LogP contribution in [0.1, 0.15) is 32.5 Å². The first-order valence-corrected chi connectivity index (χ1v) is 5.23. The molecule has 2 aromatic rings. The molecule has 18 heavy (non-hydrogen) atoms. The number of nitrogens with zero attached hydrogens (tertiary/aromatic N) is 6. The maximum atomic E-state index is 10.4. The van der Waals surface area contributed by atoms with Crippen molar-refractivity contribution in [3.05, 3.63) is 28.2 Å². The van der Waals surface area contributed by atoms with E-state index in [0.29, 0.717) is 11.7 Å². The van der Waals surface area contributed by atoms with Gasteiger partial charge >= 0.3 is 5.95 Å². The predicted octanol–water partition coefficient (Wildman–Crippen LogP) is 0.915. The van der Waals surface area contributed by atoms with Crippen LogP contribution >= 0.6 is 0 Å². The number of hydrogen-bond donors (Lipinski definition) is 0. The number of aromatic nitrogens is 5. The van der Waals surface area contributed by atoms with E-state index in [-0.39, 0.29) is 12.0 Å². The highest BCUT2D eigenvalue weighted by Crippen LogP contribution is 2.19. The molecular weight excluding hydrogens is 240 g/mol. The van der Waals surface area contributed by atoms with Crippen molar-refractivity contribution in [3.8, 4) is 0 Å². The van der Waals surface area contributed by atoms with E-state index >= 15 is 0 Å². The molecule has 0 aromatic carbocycles. The molecule has 0 saturated carbocycles. The Morgan fingerprint density at radius 1 is 1.50 bits per heavy atom. The fraction of sp³-hybridized carbons (Fsp3) is 0.556. The first-order chi connectivity index (χ1) is 8.36. The zero-order chi connectivity index (χ0) is 13.3. The van der Waals surface area contributed by atoms with Crippen LogP contribution in [0.4, 0.5) is 5.95 Å². The van der Waals surface area contributed by atoms with Crippen molar-refractivity contribution in [2.75, 3.05) is 0 Å². The molecule has 0 atom stereocenters. The van der Waals surface area contributed by atoms with E-state index in [4.69, 9.17) is 4.52 Å². The van der Waals surface area contributed by atoms with Crippen molar-refractivity contribution in [1.82, 2.24) is 24.9 Å². The van der Waals surface area contributed by atoms with Gasteiger partial charge in [0.2, 0.25) is 12.2 Å². The van der Waals surface area contributed by atoms with Crippen LogP contribution in [0, 0.1) is 10.1 Å². The second-order valence-electron chi connectivity index (χ2n) is 4.77. The topological polar surface area (TPSA) is 113 Å². The van der Waals surface area contributed by atoms with Gasteiger partial charge in [0.05, 0.1) is 0 Å². The summed E-state index contributed by atoms with van der Waals surface area (Å²) in [6.07, 6.45) is 1.26. The summed E-state index contributed by atoms with van der Waals surface area (Å²) in [6, 6.07) is 0. The Hall–Kier alpha value is -2.32. The third kappa shape index (κ3) is 2.50. The summed E-state index contributed by atoms with van der Waals surface area (Å²) in [5, 5.41) is 17.9. The lowest BCUT2D eigenvalue weighted by Gasteiger charge is -2.10. The lowest BCUT2D eigenvalue weighted by atomic mass is 9.97. The Balaban J connectivity index is 2.14. The van der Waals surface area contributed by atoms with Crippen molar-refractivity contribution in [2.24, 2.45) is 0 Å². The fourth-order valence-corrected chi connectivity index (χ4v) is 1.21. The van der Waals surface area contributed by atoms with Crippen LogP contribution in [0.25, 0.3) is 0 Å². The zero-order valence-corrected chi connectivity index (χ0v) is 10.2. The SMILES string of the molecule is CC(C)(C)c1nc(Cn2cnc([N+](=O)[O-])n2)no1. The quantitative estimate of drug-likeness (QED) is 0.589. The average Bonchev–Trinajstić information content (AvgIpc) is 2.85. The minimum atomic E-state index is -0.659. The predicted molar refractivity (Wildman–Crippen MR) is 58.8 cm³/mol. The van der Waals surface area contributed by atoms with Crippen molar-refractivity contribution in [3.63, 3.8) is 0 Å². The molecule has 0 radical (unpaired) electrons. The standard InChI is InChI=1S/C9H12N6O3/c1-9(2,3)7-11-6(13-18-7)4-14-5-10-8(12-14)15(16)17/h5H,4H2,1-3H3. The van der Waals surface area contributed by atoms with E-state index in [2.05, 4.69) is 20.2 Å². The molecule has 9 nitrogen and oxygen atoms in total. The van der Waals surface area contributed by atoms with E-state index < -0.39 is 10.9 Å². The maximum Gasteiger partial charge on any atom is 0.490 e. The van der Waals surface area contributed by atoms with Gasteiger partial charge in [-0.15, -0.1) is 0 Å². The molecule has 0 aliphatic carbocycles. The highest BCUT2D eigenvalue weighted by atomic mass is 16.6. The van der Waals surface area contributed by atoms with E-state index in [1.54, 1.807) is 0 Å². The molecule has 0 aliphatic rings. The largest absolute Gasteiger partial charge is 0.490 e. The third-order valence-corrected chi connectivity index (χ3v) is 2.10. The lowest BCUT2D eigenvalue weighted by molar-refractivity contribution is -0.394. The molecule has 2 heterocycles. The van der Waals surface area contributed by atoms with E-state index in [1.165, 1.54) is 11.0 Å². The second kappa shape index (κ2) is 4.17. The van der Waals surface area contributed by atoms with Gasteiger partial charge in [0, 0.05) is 10.5 Å². The summed E-state index contributed by atoms with van der Waals surface area (Å²) < 4.78 is 6.39. The van der Waals surface area contributed by atoms with Gasteiger partial charge in [0.15, 0.2) is 5.82 Å². The molecular formula is C9H12N6O3. The van der Waals surface area contributed by atoms with Crippen LogP contribution < -0.4 is 0 Å². The van der Waals surface area contributed by atoms with Gasteiger partial charge in [-0.1, -0.05) is 30.9 Å². The van der Waals surface area contributed by atoms with Crippen molar-refractivity contribution in [1.29, 1.82) is 0 Å². The molecule has 2 rings (SSSR count). The van der Waals surface area contributed by atoms with Gasteiger partial charge in [0.1, 0.15) is 6.54 Å². The summed E-state index contributed by atoms with van der Waals surface area (Å²) in [7, 11) is 0. The van der Waals surface area contributed by atoms with Gasteiger partial charge in [-0.2, -0.15) is 9.67 Å². The van der Waals surface area contributed by atoms with Crippen LogP contribution in [0.5, 0.6) is 0 Å². The molecule has 0 bridgehead atoms. The molecule has 0 spiro atoms. The summed E-state index contributed by atoms with van der Waals surface area (Å²) in [5.41, 5.74) is -0.236. The van der Waals surface area contributed by atoms with E-state index in [0.717, 1.165) is 0 Å². The summed E-state index contributed by atoms with van der Waals surface area (Å²) in [4.78, 5) is 17.5. The van der Waals surface area contributed by atoms with Gasteiger partial charge in [-0.05, 0) is 4.92 Å². The highest BCUT2D eigenvalue weighted by molar-refractivity contribution is 5.00. The molecule has 2 aromatic heterocycles. The van der Waals surface area contributed by atoms with Crippen LogP contribution in [-0.2, 0) is 12.0 Å². The maximum absolute atomic E-state index is 10.4. The zero-order valence-electron chi connectivity index (χ0n) is 10.2. The van der Waals surface area contributed by atoms with Crippen molar-refractivity contribution >= 4 is 5.95 Å². The van der Waals surface area contributed by atoms with Crippen LogP contribution in [0.2, 0.25) is 0 Å². The molecule has 0 N–H and O–H groups in total. The second-order valence-corrected chi connectivity index (χ2v) is 4.77. The highest BCUT2D eigenvalue weighted by Gasteiger charge is 2.22. The smallest absolute Gasteiger partial charge is 0.390 e. The van der Waals surface area contributed by atoms with Gasteiger partial charge in [0.25, 0.3) is 0 Å². The van der Waals surface area contributed by atoms with Crippen LogP contribution in [0.15, 0.2) is 10.9 Å². The van der Waals surface area contributed by atoms with Crippen molar-refractivity contribution in [2.45, 2.75) is 32.7 Å². The molecule has 0 fully saturated rings. The number of rotatable bonds is 3. The Kier molecular flexibility index (Phi) is 2.81. The van der Waals surface area contributed by atoms with Gasteiger partial charge in [-0.3, -0.25) is 0 Å². The van der Waals surface area contributed by atoms with Gasteiger partial charge < -0.3 is 14.6 Å². The first-order valence-electron chi connectivity index (χ1n) is 5.23. The van der Waals surface area contributed by atoms with Crippen LogP contribution in [0.3, 0.4) is 0 Å². The summed E-state index contributed by atoms with van der Waals surface area (Å²) >= 11 is 0. The first kappa shape index (κ1) is 12.1. The number of hydrogen-bond acceptors (Lipinski definition) is 7. The van der Waals surface area contributed by atoms with Gasteiger partial charge in [-0.25, -0.2) is 0 Å². The average molecular weight is 252 g/mol. The lowest BCUT2D eigenvalue weighted by Crippen LogP contribution is -2.12. The molecule has 9 heteroatoms. The number of nitro groups is 1. The van der Waals surface area contributed by atoms with Crippen LogP contribution in [-0.4, -0.2) is 29.8 Å². The Morgan fingerprint density at radius 2 is 2.22 bits per heavy atom. The molecule has 96 valence electrons. The Bertz CT molecular complexity index is 567. The Morgan fingerprint density at radius 3 is 2.72 bits per heavy atom. The molecule has 0 aliphatic heterocycles. The van der Waals surface area contributed by atoms with E-state index in [9.17, 15) is 10.1 Å². The minimum absolute atomic E-state index is 0.181. The molecule has 0 saturated heterocycles. The fourth-order valence-electron chi connectivity index (χ4n) is 1.21. The summed E-state index contributed by atoms with van der Waals surface area (Å²) in [6.45, 7) is 6.03.